The minimum absolute atomic E-state index is 0.0668. The maximum atomic E-state index is 12.7. The fourth-order valence-electron chi connectivity index (χ4n) is 3.38. The lowest BCUT2D eigenvalue weighted by Crippen LogP contribution is -2.40. The fourth-order valence-corrected chi connectivity index (χ4v) is 3.38. The lowest BCUT2D eigenvalue weighted by Gasteiger charge is -2.28. The van der Waals surface area contributed by atoms with Gasteiger partial charge in [-0.3, -0.25) is 9.59 Å². The van der Waals surface area contributed by atoms with Crippen molar-refractivity contribution in [2.45, 2.75) is 47.1 Å². The second kappa shape index (κ2) is 8.38. The molecule has 3 rings (SSSR count). The number of aromatic nitrogens is 2. The number of Topliss-reactive ketones (excluding diaryl/α,β-unsaturated/α-hetero) is 1. The van der Waals surface area contributed by atoms with E-state index < -0.39 is 5.41 Å². The highest BCUT2D eigenvalue weighted by molar-refractivity contribution is 6.05. The molecule has 0 fully saturated rings. The molecular weight excluding hydrogens is 384 g/mol. The lowest BCUT2D eigenvalue weighted by atomic mass is 9.78. The van der Waals surface area contributed by atoms with Crippen LogP contribution in [0.25, 0.3) is 11.4 Å². The van der Waals surface area contributed by atoms with Crippen molar-refractivity contribution in [3.63, 3.8) is 0 Å². The number of aryl methyl sites for hydroxylation is 1. The molecule has 1 aromatic heterocycles. The molecule has 2 atom stereocenters. The zero-order valence-electron chi connectivity index (χ0n) is 18.3. The lowest BCUT2D eigenvalue weighted by molar-refractivity contribution is -0.135. The first kappa shape index (κ1) is 21.7. The molecule has 2 heterocycles. The smallest absolute Gasteiger partial charge is 0.226 e. The molecule has 1 aliphatic heterocycles. The van der Waals surface area contributed by atoms with Gasteiger partial charge in [-0.1, -0.05) is 55.3 Å². The number of rotatable bonds is 7. The third-order valence-corrected chi connectivity index (χ3v) is 5.66. The molecule has 0 aliphatic carbocycles. The molecular formula is C22H28N4O4. The molecule has 0 saturated heterocycles. The second-order valence-electron chi connectivity index (χ2n) is 8.46. The molecule has 1 aliphatic rings. The maximum absolute atomic E-state index is 12.7. The molecule has 0 N–H and O–H groups in total. The van der Waals surface area contributed by atoms with Gasteiger partial charge < -0.3 is 14.3 Å². The highest BCUT2D eigenvalue weighted by Gasteiger charge is 2.44. The summed E-state index contributed by atoms with van der Waals surface area (Å²) in [6.45, 7) is 9.54. The summed E-state index contributed by atoms with van der Waals surface area (Å²) < 4.78 is 5.03. The fraction of sp³-hybridized carbons (Fsp3) is 0.500. The summed E-state index contributed by atoms with van der Waals surface area (Å²) in [4.78, 5) is 35.6. The largest absolute Gasteiger partial charge is 0.391 e. The van der Waals surface area contributed by atoms with E-state index in [1.807, 2.05) is 45.0 Å². The van der Waals surface area contributed by atoms with E-state index in [1.54, 1.807) is 18.9 Å². The molecule has 8 heteroatoms. The third-order valence-electron chi connectivity index (χ3n) is 5.66. The zero-order chi connectivity index (χ0) is 22.1. The molecule has 1 aromatic carbocycles. The van der Waals surface area contributed by atoms with Crippen LogP contribution in [0.3, 0.4) is 0 Å². The average Bonchev–Trinajstić information content (AvgIpc) is 3.25. The van der Waals surface area contributed by atoms with Crippen LogP contribution < -0.4 is 0 Å². The number of hydrogen-bond donors (Lipinski definition) is 0. The number of carbonyl (C=O) groups is 2. The zero-order valence-corrected chi connectivity index (χ0v) is 18.3. The molecule has 0 spiro atoms. The van der Waals surface area contributed by atoms with Gasteiger partial charge in [0, 0.05) is 37.6 Å². The Kier molecular flexibility index (Phi) is 6.05. The van der Waals surface area contributed by atoms with Crippen molar-refractivity contribution >= 4 is 17.4 Å². The van der Waals surface area contributed by atoms with Crippen LogP contribution in [-0.4, -0.2) is 52.1 Å². The predicted octanol–water partition coefficient (Wildman–Crippen LogP) is 3.25. The van der Waals surface area contributed by atoms with Gasteiger partial charge in [-0.15, -0.1) is 0 Å². The number of oxime groups is 1. The van der Waals surface area contributed by atoms with Gasteiger partial charge in [-0.25, -0.2) is 0 Å². The number of amides is 1. The van der Waals surface area contributed by atoms with Crippen molar-refractivity contribution in [3.8, 4) is 11.4 Å². The van der Waals surface area contributed by atoms with Crippen LogP contribution in [0.1, 0.15) is 45.6 Å². The molecule has 1 amide bonds. The van der Waals surface area contributed by atoms with Crippen LogP contribution in [0.15, 0.2) is 33.9 Å². The van der Waals surface area contributed by atoms with E-state index in [1.165, 1.54) is 6.92 Å². The number of nitrogens with zero attached hydrogens (tertiary/aromatic N) is 4. The standard InChI is InChI=1S/C22H28N4O4/c1-13(14(2)27)12-26(6)19(28)11-18-22(4,5)20(24-30-18)16-7-9-17(10-8-16)21-23-15(3)29-25-21/h7-10,13,18H,11-12H2,1-6H3. The first-order valence-corrected chi connectivity index (χ1v) is 9.99. The van der Waals surface area contributed by atoms with E-state index in [-0.39, 0.29) is 30.1 Å². The summed E-state index contributed by atoms with van der Waals surface area (Å²) in [5.41, 5.74) is 2.10. The van der Waals surface area contributed by atoms with Crippen LogP contribution in [0.4, 0.5) is 0 Å². The minimum atomic E-state index is -0.451. The summed E-state index contributed by atoms with van der Waals surface area (Å²) in [6, 6.07) is 7.70. The van der Waals surface area contributed by atoms with Gasteiger partial charge in [-0.05, 0) is 6.92 Å². The summed E-state index contributed by atoms with van der Waals surface area (Å²) in [5, 5.41) is 8.22. The van der Waals surface area contributed by atoms with E-state index in [0.29, 0.717) is 18.3 Å². The second-order valence-corrected chi connectivity index (χ2v) is 8.46. The summed E-state index contributed by atoms with van der Waals surface area (Å²) in [7, 11) is 1.71. The van der Waals surface area contributed by atoms with Gasteiger partial charge in [0.05, 0.1) is 17.5 Å². The normalized spacial score (nSPS) is 18.5. The van der Waals surface area contributed by atoms with Crippen LogP contribution in [-0.2, 0) is 14.4 Å². The summed E-state index contributed by atoms with van der Waals surface area (Å²) in [5.74, 6) is 0.857. The molecule has 2 aromatic rings. The Balaban J connectivity index is 1.68. The van der Waals surface area contributed by atoms with E-state index >= 15 is 0 Å². The molecule has 0 saturated carbocycles. The van der Waals surface area contributed by atoms with Crippen LogP contribution in [0, 0.1) is 18.3 Å². The Morgan fingerprint density at radius 2 is 1.83 bits per heavy atom. The number of benzene rings is 1. The van der Waals surface area contributed by atoms with E-state index in [2.05, 4.69) is 15.3 Å². The minimum Gasteiger partial charge on any atom is -0.391 e. The Hall–Kier alpha value is -3.03. The monoisotopic (exact) mass is 412 g/mol. The van der Waals surface area contributed by atoms with Crippen molar-refractivity contribution in [1.82, 2.24) is 15.0 Å². The average molecular weight is 412 g/mol. The SMILES string of the molecule is CC(=O)C(C)CN(C)C(=O)CC1ON=C(c2ccc(-c3noc(C)n3)cc2)C1(C)C. The van der Waals surface area contributed by atoms with Gasteiger partial charge in [0.25, 0.3) is 0 Å². The van der Waals surface area contributed by atoms with Crippen molar-refractivity contribution < 1.29 is 18.9 Å². The van der Waals surface area contributed by atoms with Crippen LogP contribution >= 0.6 is 0 Å². The molecule has 160 valence electrons. The molecule has 30 heavy (non-hydrogen) atoms. The quantitative estimate of drug-likeness (QED) is 0.692. The van der Waals surface area contributed by atoms with Gasteiger partial charge in [0.2, 0.25) is 17.6 Å². The van der Waals surface area contributed by atoms with Crippen molar-refractivity contribution in [2.75, 3.05) is 13.6 Å². The van der Waals surface area contributed by atoms with E-state index in [9.17, 15) is 9.59 Å². The first-order chi connectivity index (χ1) is 14.1. The number of hydrogen-bond acceptors (Lipinski definition) is 7. The molecule has 0 bridgehead atoms. The molecule has 8 nitrogen and oxygen atoms in total. The van der Waals surface area contributed by atoms with Crippen LogP contribution in [0.5, 0.6) is 0 Å². The predicted molar refractivity (Wildman–Crippen MR) is 112 cm³/mol. The highest BCUT2D eigenvalue weighted by Crippen LogP contribution is 2.37. The highest BCUT2D eigenvalue weighted by atomic mass is 16.6. The topological polar surface area (TPSA) is 97.9 Å². The Morgan fingerprint density at radius 1 is 1.20 bits per heavy atom. The third kappa shape index (κ3) is 4.42. The summed E-state index contributed by atoms with van der Waals surface area (Å²) >= 11 is 0. The maximum Gasteiger partial charge on any atom is 0.226 e. The summed E-state index contributed by atoms with van der Waals surface area (Å²) in [6.07, 6.45) is -0.184. The number of ketones is 1. The van der Waals surface area contributed by atoms with Crippen molar-refractivity contribution in [2.24, 2.45) is 16.5 Å². The van der Waals surface area contributed by atoms with E-state index in [4.69, 9.17) is 9.36 Å². The number of carbonyl (C=O) groups excluding carboxylic acids is 2. The first-order valence-electron chi connectivity index (χ1n) is 9.99. The van der Waals surface area contributed by atoms with Gasteiger partial charge in [-0.2, -0.15) is 4.98 Å². The van der Waals surface area contributed by atoms with Crippen molar-refractivity contribution in [3.05, 3.63) is 35.7 Å². The Labute approximate surface area is 176 Å². The van der Waals surface area contributed by atoms with Gasteiger partial charge in [0.15, 0.2) is 0 Å². The Morgan fingerprint density at radius 3 is 2.40 bits per heavy atom. The molecule has 2 unspecified atom stereocenters. The van der Waals surface area contributed by atoms with Gasteiger partial charge in [0.1, 0.15) is 11.9 Å². The van der Waals surface area contributed by atoms with Gasteiger partial charge >= 0.3 is 0 Å². The van der Waals surface area contributed by atoms with Crippen molar-refractivity contribution in [1.29, 1.82) is 0 Å². The molecule has 0 radical (unpaired) electrons. The Bertz CT molecular complexity index is 962. The van der Waals surface area contributed by atoms with E-state index in [0.717, 1.165) is 16.8 Å². The van der Waals surface area contributed by atoms with Crippen LogP contribution in [0.2, 0.25) is 0 Å².